The number of carbonyl (C=O) groups is 1. The van der Waals surface area contributed by atoms with Crippen molar-refractivity contribution in [2.45, 2.75) is 85.1 Å². The van der Waals surface area contributed by atoms with Gasteiger partial charge in [0.15, 0.2) is 5.96 Å². The number of guanidine groups is 1. The fourth-order valence-corrected chi connectivity index (χ4v) is 4.57. The van der Waals surface area contributed by atoms with E-state index in [4.69, 9.17) is 9.47 Å². The third-order valence-electron chi connectivity index (χ3n) is 6.24. The van der Waals surface area contributed by atoms with Crippen LogP contribution in [0, 0.1) is 17.3 Å². The van der Waals surface area contributed by atoms with Gasteiger partial charge in [0.2, 0.25) is 0 Å². The summed E-state index contributed by atoms with van der Waals surface area (Å²) in [4.78, 5) is 18.8. The lowest BCUT2D eigenvalue weighted by molar-refractivity contribution is -0.107. The van der Waals surface area contributed by atoms with E-state index in [1.165, 1.54) is 0 Å². The molecule has 0 aromatic rings. The van der Waals surface area contributed by atoms with Crippen molar-refractivity contribution in [2.75, 3.05) is 27.2 Å². The van der Waals surface area contributed by atoms with Crippen molar-refractivity contribution in [2.24, 2.45) is 22.2 Å². The molecule has 2 aliphatic rings. The number of aliphatic imine (C=N–C) groups is 1. The Labute approximate surface area is 200 Å². The summed E-state index contributed by atoms with van der Waals surface area (Å²) in [6.07, 6.45) is 1.93. The Morgan fingerprint density at radius 3 is 2.50 bits per heavy atom. The van der Waals surface area contributed by atoms with Gasteiger partial charge in [0.25, 0.3) is 0 Å². The van der Waals surface area contributed by atoms with Gasteiger partial charge < -0.3 is 25.0 Å². The van der Waals surface area contributed by atoms with Gasteiger partial charge in [-0.1, -0.05) is 27.7 Å². The molecule has 0 aromatic carbocycles. The molecule has 30 heavy (non-hydrogen) atoms. The molecule has 8 heteroatoms. The first-order valence-electron chi connectivity index (χ1n) is 10.9. The van der Waals surface area contributed by atoms with Crippen LogP contribution in [0.4, 0.5) is 4.79 Å². The number of nitrogens with one attached hydrogen (secondary N) is 2. The molecule has 0 aromatic heterocycles. The van der Waals surface area contributed by atoms with Gasteiger partial charge in [-0.2, -0.15) is 0 Å². The number of ether oxygens (including phenoxy) is 2. The molecule has 0 spiro atoms. The van der Waals surface area contributed by atoms with E-state index in [-0.39, 0.29) is 41.5 Å². The molecule has 2 N–H and O–H groups in total. The van der Waals surface area contributed by atoms with Gasteiger partial charge in [-0.05, 0) is 39.5 Å². The van der Waals surface area contributed by atoms with Crippen LogP contribution in [0.15, 0.2) is 4.99 Å². The van der Waals surface area contributed by atoms with Gasteiger partial charge in [-0.3, -0.25) is 4.99 Å². The number of nitrogens with zero attached hydrogens (tertiary/aromatic N) is 2. The number of hydrogen-bond donors (Lipinski definition) is 2. The number of rotatable bonds is 6. The van der Waals surface area contributed by atoms with Crippen molar-refractivity contribution in [3.05, 3.63) is 0 Å². The number of fused-ring (bicyclic) bond motifs is 1. The highest BCUT2D eigenvalue weighted by molar-refractivity contribution is 14.0. The first-order valence-corrected chi connectivity index (χ1v) is 10.9. The maximum atomic E-state index is 12.2. The summed E-state index contributed by atoms with van der Waals surface area (Å²) < 4.78 is 11.3. The highest BCUT2D eigenvalue weighted by Gasteiger charge is 2.59. The van der Waals surface area contributed by atoms with Gasteiger partial charge in [0.05, 0.1) is 6.10 Å². The number of carbonyl (C=O) groups excluding carboxylic acids is 1. The van der Waals surface area contributed by atoms with E-state index in [0.717, 1.165) is 32.0 Å². The predicted octanol–water partition coefficient (Wildman–Crippen LogP) is 3.86. The smallest absolute Gasteiger partial charge is 0.407 e. The minimum absolute atomic E-state index is 0. The van der Waals surface area contributed by atoms with Crippen molar-refractivity contribution in [3.8, 4) is 0 Å². The zero-order valence-corrected chi connectivity index (χ0v) is 22.6. The minimum Gasteiger partial charge on any atom is -0.444 e. The van der Waals surface area contributed by atoms with Crippen molar-refractivity contribution < 1.29 is 14.3 Å². The van der Waals surface area contributed by atoms with E-state index >= 15 is 0 Å². The fourth-order valence-electron chi connectivity index (χ4n) is 4.57. The molecular weight excluding hydrogens is 495 g/mol. The van der Waals surface area contributed by atoms with Crippen LogP contribution in [0.3, 0.4) is 0 Å². The molecule has 2 fully saturated rings. The van der Waals surface area contributed by atoms with Gasteiger partial charge in [0, 0.05) is 50.7 Å². The number of alkyl carbamates (subject to hydrolysis) is 1. The zero-order valence-electron chi connectivity index (χ0n) is 20.2. The standard InChI is InChI=1S/C22H42N4O3.HI/c1-14(2)16(24-20(27)29-21(3,4)5)10-12-26(9)19(23-8)25-17-15-11-13-28-18(15)22(17,6)7;/h14-18H,10-13H2,1-9H3,(H,23,25)(H,24,27);1H. The number of hydrogen-bond acceptors (Lipinski definition) is 4. The van der Waals surface area contributed by atoms with Gasteiger partial charge in [-0.15, -0.1) is 24.0 Å². The topological polar surface area (TPSA) is 75.2 Å². The summed E-state index contributed by atoms with van der Waals surface area (Å²) in [6, 6.07) is 0.412. The Hall–Kier alpha value is -0.770. The van der Waals surface area contributed by atoms with E-state index in [9.17, 15) is 4.79 Å². The van der Waals surface area contributed by atoms with Crippen LogP contribution in [0.5, 0.6) is 0 Å². The quantitative estimate of drug-likeness (QED) is 0.305. The summed E-state index contributed by atoms with van der Waals surface area (Å²) in [6.45, 7) is 16.0. The largest absolute Gasteiger partial charge is 0.444 e. The van der Waals surface area contributed by atoms with Crippen LogP contribution in [0.2, 0.25) is 0 Å². The lowest BCUT2D eigenvalue weighted by Crippen LogP contribution is -2.68. The lowest BCUT2D eigenvalue weighted by Gasteiger charge is -2.55. The van der Waals surface area contributed by atoms with Gasteiger partial charge in [-0.25, -0.2) is 4.79 Å². The first-order chi connectivity index (χ1) is 13.4. The van der Waals surface area contributed by atoms with E-state index in [1.54, 1.807) is 0 Å². The summed E-state index contributed by atoms with van der Waals surface area (Å²) >= 11 is 0. The van der Waals surface area contributed by atoms with Crippen molar-refractivity contribution in [3.63, 3.8) is 0 Å². The van der Waals surface area contributed by atoms with Crippen LogP contribution in [-0.2, 0) is 9.47 Å². The summed E-state index contributed by atoms with van der Waals surface area (Å²) in [7, 11) is 3.88. The molecule has 1 aliphatic heterocycles. The summed E-state index contributed by atoms with van der Waals surface area (Å²) in [5.74, 6) is 1.77. The SMILES string of the molecule is CN=C(NC1C2CCOC2C1(C)C)N(C)CCC(NC(=O)OC(C)(C)C)C(C)C.I. The molecule has 4 unspecified atom stereocenters. The molecule has 0 radical (unpaired) electrons. The number of halogens is 1. The lowest BCUT2D eigenvalue weighted by atomic mass is 9.57. The van der Waals surface area contributed by atoms with Crippen LogP contribution >= 0.6 is 24.0 Å². The maximum absolute atomic E-state index is 12.2. The average molecular weight is 539 g/mol. The molecule has 4 atom stereocenters. The maximum Gasteiger partial charge on any atom is 0.407 e. The van der Waals surface area contributed by atoms with Gasteiger partial charge >= 0.3 is 6.09 Å². The Morgan fingerprint density at radius 2 is 1.97 bits per heavy atom. The second-order valence-corrected chi connectivity index (χ2v) is 10.4. The highest BCUT2D eigenvalue weighted by Crippen LogP contribution is 2.52. The molecule has 1 aliphatic carbocycles. The van der Waals surface area contributed by atoms with Crippen LogP contribution in [0.1, 0.15) is 61.3 Å². The van der Waals surface area contributed by atoms with E-state index in [0.29, 0.717) is 24.0 Å². The number of amides is 1. The van der Waals surface area contributed by atoms with E-state index in [2.05, 4.69) is 55.3 Å². The second-order valence-electron chi connectivity index (χ2n) is 10.4. The van der Waals surface area contributed by atoms with Crippen molar-refractivity contribution in [1.82, 2.24) is 15.5 Å². The zero-order chi connectivity index (χ0) is 22.0. The molecule has 2 rings (SSSR count). The third-order valence-corrected chi connectivity index (χ3v) is 6.24. The molecule has 176 valence electrons. The molecule has 1 saturated carbocycles. The third kappa shape index (κ3) is 6.61. The Morgan fingerprint density at radius 1 is 1.33 bits per heavy atom. The first kappa shape index (κ1) is 27.3. The minimum atomic E-state index is -0.494. The Bertz CT molecular complexity index is 604. The molecule has 1 amide bonds. The van der Waals surface area contributed by atoms with Crippen molar-refractivity contribution in [1.29, 1.82) is 0 Å². The van der Waals surface area contributed by atoms with Gasteiger partial charge in [0.1, 0.15) is 5.60 Å². The van der Waals surface area contributed by atoms with E-state index < -0.39 is 5.60 Å². The molecule has 1 saturated heterocycles. The molecule has 0 bridgehead atoms. The highest BCUT2D eigenvalue weighted by atomic mass is 127. The molecule has 7 nitrogen and oxygen atoms in total. The molecule has 1 heterocycles. The predicted molar refractivity (Wildman–Crippen MR) is 133 cm³/mol. The monoisotopic (exact) mass is 538 g/mol. The summed E-state index contributed by atoms with van der Waals surface area (Å²) in [5, 5.41) is 6.70. The average Bonchev–Trinajstić information content (AvgIpc) is 3.04. The van der Waals surface area contributed by atoms with E-state index in [1.807, 2.05) is 27.8 Å². The Balaban J connectivity index is 0.00000450. The Kier molecular flexibility index (Phi) is 9.72. The van der Waals surface area contributed by atoms with Crippen LogP contribution in [-0.4, -0.2) is 68.0 Å². The second kappa shape index (κ2) is 10.7. The summed E-state index contributed by atoms with van der Waals surface area (Å²) in [5.41, 5.74) is -0.386. The van der Waals surface area contributed by atoms with Crippen LogP contribution < -0.4 is 10.6 Å². The normalized spacial score (nSPS) is 26.2. The fraction of sp³-hybridized carbons (Fsp3) is 0.909. The van der Waals surface area contributed by atoms with Crippen LogP contribution in [0.25, 0.3) is 0 Å². The van der Waals surface area contributed by atoms with Crippen molar-refractivity contribution >= 4 is 36.0 Å². The molecular formula is C22H43IN4O3.